The Labute approximate surface area is 105 Å². The van der Waals surface area contributed by atoms with Gasteiger partial charge in [-0.2, -0.15) is 0 Å². The van der Waals surface area contributed by atoms with Crippen LogP contribution in [0.1, 0.15) is 11.8 Å². The molecule has 0 fully saturated rings. The van der Waals surface area contributed by atoms with Crippen LogP contribution in [0, 0.1) is 0 Å². The standard InChI is InChI=1S/C9H11BrN2O3S/c1-5(8(13)14)12-9(15)11-4-7-6(10)2-3-16-7/h2-3,5H,4H2,1H3,(H,13,14)(H2,11,12,15)/t5-/m0/s1. The lowest BCUT2D eigenvalue weighted by atomic mass is 10.3. The highest BCUT2D eigenvalue weighted by molar-refractivity contribution is 9.10. The van der Waals surface area contributed by atoms with E-state index in [2.05, 4.69) is 26.6 Å². The lowest BCUT2D eigenvalue weighted by Crippen LogP contribution is -2.44. The fraction of sp³-hybridized carbons (Fsp3) is 0.333. The van der Waals surface area contributed by atoms with Crippen LogP contribution in [0.15, 0.2) is 15.9 Å². The van der Waals surface area contributed by atoms with Crippen LogP contribution in [0.3, 0.4) is 0 Å². The van der Waals surface area contributed by atoms with Crippen molar-refractivity contribution in [2.24, 2.45) is 0 Å². The first-order valence-corrected chi connectivity index (χ1v) is 6.17. The SMILES string of the molecule is C[C@H](NC(=O)NCc1sccc1Br)C(=O)O. The molecule has 0 aliphatic carbocycles. The van der Waals surface area contributed by atoms with Crippen LogP contribution < -0.4 is 10.6 Å². The van der Waals surface area contributed by atoms with Crippen LogP contribution in [-0.4, -0.2) is 23.1 Å². The number of amides is 2. The Morgan fingerprint density at radius 2 is 2.31 bits per heavy atom. The maximum absolute atomic E-state index is 11.3. The molecule has 0 saturated carbocycles. The van der Waals surface area contributed by atoms with Gasteiger partial charge in [0.1, 0.15) is 6.04 Å². The van der Waals surface area contributed by atoms with Gasteiger partial charge in [-0.3, -0.25) is 4.79 Å². The molecule has 5 nitrogen and oxygen atoms in total. The summed E-state index contributed by atoms with van der Waals surface area (Å²) in [4.78, 5) is 22.7. The van der Waals surface area contributed by atoms with E-state index in [0.717, 1.165) is 9.35 Å². The van der Waals surface area contributed by atoms with E-state index in [4.69, 9.17) is 5.11 Å². The molecule has 0 bridgehead atoms. The van der Waals surface area contributed by atoms with Crippen LogP contribution in [0.5, 0.6) is 0 Å². The minimum Gasteiger partial charge on any atom is -0.480 e. The lowest BCUT2D eigenvalue weighted by Gasteiger charge is -2.10. The van der Waals surface area contributed by atoms with E-state index < -0.39 is 18.0 Å². The quantitative estimate of drug-likeness (QED) is 0.793. The predicted molar refractivity (Wildman–Crippen MR) is 64.5 cm³/mol. The topological polar surface area (TPSA) is 78.4 Å². The van der Waals surface area contributed by atoms with Crippen molar-refractivity contribution in [1.29, 1.82) is 0 Å². The van der Waals surface area contributed by atoms with Gasteiger partial charge in [-0.25, -0.2) is 4.79 Å². The number of thiophene rings is 1. The van der Waals surface area contributed by atoms with Gasteiger partial charge in [0.2, 0.25) is 0 Å². The molecular weight excluding hydrogens is 296 g/mol. The minimum atomic E-state index is -1.06. The molecule has 2 amide bonds. The number of carboxylic acids is 1. The first kappa shape index (κ1) is 13.0. The summed E-state index contributed by atoms with van der Waals surface area (Å²) in [7, 11) is 0. The monoisotopic (exact) mass is 306 g/mol. The van der Waals surface area contributed by atoms with Gasteiger partial charge in [0, 0.05) is 9.35 Å². The first-order chi connectivity index (χ1) is 7.50. The lowest BCUT2D eigenvalue weighted by molar-refractivity contribution is -0.138. The average molecular weight is 307 g/mol. The molecule has 0 unspecified atom stereocenters. The van der Waals surface area contributed by atoms with Crippen molar-refractivity contribution in [3.05, 3.63) is 20.8 Å². The molecule has 0 aliphatic rings. The van der Waals surface area contributed by atoms with Crippen molar-refractivity contribution in [3.8, 4) is 0 Å². The molecule has 1 aromatic heterocycles. The molecule has 0 aromatic carbocycles. The van der Waals surface area contributed by atoms with Crippen molar-refractivity contribution in [1.82, 2.24) is 10.6 Å². The highest BCUT2D eigenvalue weighted by Crippen LogP contribution is 2.21. The second-order valence-corrected chi connectivity index (χ2v) is 4.93. The summed E-state index contributed by atoms with van der Waals surface area (Å²) in [6.45, 7) is 1.78. The molecule has 7 heteroatoms. The third kappa shape index (κ3) is 3.82. The Bertz CT molecular complexity index is 394. The van der Waals surface area contributed by atoms with Gasteiger partial charge in [0.15, 0.2) is 0 Å². The van der Waals surface area contributed by atoms with Crippen LogP contribution in [0.4, 0.5) is 4.79 Å². The molecule has 0 aliphatic heterocycles. The van der Waals surface area contributed by atoms with Crippen LogP contribution in [0.25, 0.3) is 0 Å². The largest absolute Gasteiger partial charge is 0.480 e. The number of rotatable bonds is 4. The van der Waals surface area contributed by atoms with Crippen molar-refractivity contribution < 1.29 is 14.7 Å². The summed E-state index contributed by atoms with van der Waals surface area (Å²) in [6, 6.07) is 0.501. The van der Waals surface area contributed by atoms with Crippen LogP contribution in [0.2, 0.25) is 0 Å². The van der Waals surface area contributed by atoms with E-state index >= 15 is 0 Å². The summed E-state index contributed by atoms with van der Waals surface area (Å²) in [5.41, 5.74) is 0. The maximum Gasteiger partial charge on any atom is 0.325 e. The third-order valence-corrected chi connectivity index (χ3v) is 3.74. The Morgan fingerprint density at radius 1 is 1.62 bits per heavy atom. The normalized spacial score (nSPS) is 11.9. The summed E-state index contributed by atoms with van der Waals surface area (Å²) in [5, 5.41) is 15.4. The molecule has 0 radical (unpaired) electrons. The van der Waals surface area contributed by atoms with E-state index in [-0.39, 0.29) is 0 Å². The Hall–Kier alpha value is -1.08. The third-order valence-electron chi connectivity index (χ3n) is 1.82. The van der Waals surface area contributed by atoms with Gasteiger partial charge < -0.3 is 15.7 Å². The fourth-order valence-corrected chi connectivity index (χ4v) is 2.35. The molecule has 88 valence electrons. The number of hydrogen-bond acceptors (Lipinski definition) is 3. The molecule has 0 spiro atoms. The highest BCUT2D eigenvalue weighted by atomic mass is 79.9. The smallest absolute Gasteiger partial charge is 0.325 e. The summed E-state index contributed by atoms with van der Waals surface area (Å²) in [5.74, 6) is -1.06. The Morgan fingerprint density at radius 3 is 2.81 bits per heavy atom. The number of carboxylic acid groups (broad SMARTS) is 1. The Balaban J connectivity index is 2.36. The second kappa shape index (κ2) is 5.86. The van der Waals surface area contributed by atoms with Gasteiger partial charge in [-0.1, -0.05) is 0 Å². The minimum absolute atomic E-state index is 0.371. The van der Waals surface area contributed by atoms with E-state index in [9.17, 15) is 9.59 Å². The van der Waals surface area contributed by atoms with E-state index in [1.165, 1.54) is 18.3 Å². The van der Waals surface area contributed by atoms with Crippen LogP contribution in [-0.2, 0) is 11.3 Å². The number of carbonyl (C=O) groups excluding carboxylic acids is 1. The van der Waals surface area contributed by atoms with E-state index in [1.54, 1.807) is 0 Å². The second-order valence-electron chi connectivity index (χ2n) is 3.08. The molecule has 3 N–H and O–H groups in total. The van der Waals surface area contributed by atoms with Gasteiger partial charge in [-0.05, 0) is 34.3 Å². The highest BCUT2D eigenvalue weighted by Gasteiger charge is 2.13. The maximum atomic E-state index is 11.3. The number of nitrogens with one attached hydrogen (secondary N) is 2. The predicted octanol–water partition coefficient (Wildman–Crippen LogP) is 1.78. The van der Waals surface area contributed by atoms with Crippen LogP contribution >= 0.6 is 27.3 Å². The van der Waals surface area contributed by atoms with Gasteiger partial charge >= 0.3 is 12.0 Å². The van der Waals surface area contributed by atoms with Crippen molar-refractivity contribution >= 4 is 39.3 Å². The molecule has 1 heterocycles. The van der Waals surface area contributed by atoms with E-state index in [1.807, 2.05) is 11.4 Å². The molecule has 1 atom stereocenters. The average Bonchev–Trinajstić information content (AvgIpc) is 2.61. The fourth-order valence-electron chi connectivity index (χ4n) is 0.921. The van der Waals surface area contributed by atoms with Crippen molar-refractivity contribution in [2.45, 2.75) is 19.5 Å². The first-order valence-electron chi connectivity index (χ1n) is 4.49. The zero-order valence-corrected chi connectivity index (χ0v) is 10.9. The molecule has 0 saturated heterocycles. The zero-order valence-electron chi connectivity index (χ0n) is 8.49. The van der Waals surface area contributed by atoms with Crippen molar-refractivity contribution in [3.63, 3.8) is 0 Å². The molecule has 16 heavy (non-hydrogen) atoms. The summed E-state index contributed by atoms with van der Waals surface area (Å²) in [6.07, 6.45) is 0. The van der Waals surface area contributed by atoms with E-state index in [0.29, 0.717) is 6.54 Å². The molecule has 1 aromatic rings. The molecular formula is C9H11BrN2O3S. The number of carbonyl (C=O) groups is 2. The number of halogens is 1. The molecule has 1 rings (SSSR count). The zero-order chi connectivity index (χ0) is 12.1. The number of urea groups is 1. The summed E-state index contributed by atoms with van der Waals surface area (Å²) >= 11 is 4.85. The Kier molecular flexibility index (Phi) is 4.75. The summed E-state index contributed by atoms with van der Waals surface area (Å²) < 4.78 is 0.934. The van der Waals surface area contributed by atoms with Gasteiger partial charge in [0.05, 0.1) is 6.54 Å². The number of hydrogen-bond donors (Lipinski definition) is 3. The van der Waals surface area contributed by atoms with Gasteiger partial charge in [-0.15, -0.1) is 11.3 Å². The van der Waals surface area contributed by atoms with Gasteiger partial charge in [0.25, 0.3) is 0 Å². The number of aliphatic carboxylic acids is 1. The van der Waals surface area contributed by atoms with Crippen molar-refractivity contribution in [2.75, 3.05) is 0 Å².